The average Bonchev–Trinajstić information content (AvgIpc) is 2.36. The maximum atomic E-state index is 12.0. The minimum atomic E-state index is -3.55. The van der Waals surface area contributed by atoms with E-state index in [0.29, 0.717) is 15.5 Å². The number of hydrogen-bond acceptors (Lipinski definition) is 4. The van der Waals surface area contributed by atoms with Gasteiger partial charge in [0.25, 0.3) is 0 Å². The smallest absolute Gasteiger partial charge is 0.335 e. The molecule has 0 heterocycles. The Labute approximate surface area is 138 Å². The van der Waals surface area contributed by atoms with Gasteiger partial charge in [0.15, 0.2) is 9.84 Å². The van der Waals surface area contributed by atoms with Crippen LogP contribution in [0.3, 0.4) is 0 Å². The van der Waals surface area contributed by atoms with Crippen LogP contribution >= 0.6 is 23.4 Å². The molecule has 0 spiro atoms. The molecule has 0 aliphatic carbocycles. The van der Waals surface area contributed by atoms with Gasteiger partial charge in [-0.05, 0) is 42.8 Å². The van der Waals surface area contributed by atoms with Gasteiger partial charge in [0, 0.05) is 21.1 Å². The zero-order valence-corrected chi connectivity index (χ0v) is 14.2. The third-order valence-electron chi connectivity index (χ3n) is 2.94. The molecule has 0 radical (unpaired) electrons. The number of halogens is 1. The number of aryl methyl sites for hydroxylation is 1. The molecule has 0 atom stereocenters. The molecule has 0 aromatic heterocycles. The minimum Gasteiger partial charge on any atom is -0.478 e. The Bertz CT molecular complexity index is 845. The lowest BCUT2D eigenvalue weighted by Gasteiger charge is -2.11. The summed E-state index contributed by atoms with van der Waals surface area (Å²) >= 11 is 7.16. The molecule has 0 fully saturated rings. The largest absolute Gasteiger partial charge is 0.478 e. The first kappa shape index (κ1) is 16.9. The van der Waals surface area contributed by atoms with E-state index in [0.717, 1.165) is 11.2 Å². The maximum Gasteiger partial charge on any atom is 0.335 e. The SMILES string of the molecule is Cc1cc(Sc2cccc(Cl)c2)c(S(C)(=O)=O)cc1C(=O)O. The fourth-order valence-electron chi connectivity index (χ4n) is 1.92. The number of hydrogen-bond donors (Lipinski definition) is 1. The van der Waals surface area contributed by atoms with Crippen molar-refractivity contribution >= 4 is 39.2 Å². The van der Waals surface area contributed by atoms with Crippen LogP contribution in [0.5, 0.6) is 0 Å². The first-order valence-electron chi connectivity index (χ1n) is 6.20. The van der Waals surface area contributed by atoms with E-state index in [1.807, 2.05) is 6.07 Å². The van der Waals surface area contributed by atoms with Crippen LogP contribution in [0.15, 0.2) is 51.1 Å². The second-order valence-corrected chi connectivity index (χ2v) is 8.29. The van der Waals surface area contributed by atoms with Gasteiger partial charge < -0.3 is 5.11 Å². The Morgan fingerprint density at radius 1 is 1.23 bits per heavy atom. The van der Waals surface area contributed by atoms with E-state index in [4.69, 9.17) is 16.7 Å². The van der Waals surface area contributed by atoms with Gasteiger partial charge in [0.1, 0.15) is 0 Å². The van der Waals surface area contributed by atoms with Gasteiger partial charge in [-0.1, -0.05) is 29.4 Å². The van der Waals surface area contributed by atoms with Crippen LogP contribution in [0.4, 0.5) is 0 Å². The zero-order valence-electron chi connectivity index (χ0n) is 11.8. The van der Waals surface area contributed by atoms with E-state index in [2.05, 4.69) is 0 Å². The first-order valence-corrected chi connectivity index (χ1v) is 9.28. The van der Waals surface area contributed by atoms with Gasteiger partial charge in [-0.2, -0.15) is 0 Å². The van der Waals surface area contributed by atoms with Crippen LogP contribution in [0, 0.1) is 6.92 Å². The third kappa shape index (κ3) is 3.82. The Morgan fingerprint density at radius 3 is 2.45 bits per heavy atom. The molecule has 2 rings (SSSR count). The van der Waals surface area contributed by atoms with E-state index in [-0.39, 0.29) is 10.5 Å². The lowest BCUT2D eigenvalue weighted by molar-refractivity contribution is 0.0695. The lowest BCUT2D eigenvalue weighted by Crippen LogP contribution is -2.06. The van der Waals surface area contributed by atoms with Gasteiger partial charge in [-0.25, -0.2) is 13.2 Å². The van der Waals surface area contributed by atoms with Crippen molar-refractivity contribution in [2.45, 2.75) is 21.6 Å². The molecular formula is C15H13ClO4S2. The highest BCUT2D eigenvalue weighted by Crippen LogP contribution is 2.35. The van der Waals surface area contributed by atoms with Crippen LogP contribution < -0.4 is 0 Å². The molecule has 0 aliphatic rings. The van der Waals surface area contributed by atoms with E-state index in [9.17, 15) is 13.2 Å². The normalized spacial score (nSPS) is 11.4. The number of carbonyl (C=O) groups is 1. The number of sulfone groups is 1. The van der Waals surface area contributed by atoms with Gasteiger partial charge >= 0.3 is 5.97 Å². The molecule has 0 saturated heterocycles. The molecule has 7 heteroatoms. The highest BCUT2D eigenvalue weighted by atomic mass is 35.5. The van der Waals surface area contributed by atoms with Gasteiger partial charge in [0.05, 0.1) is 10.5 Å². The topological polar surface area (TPSA) is 71.4 Å². The molecule has 2 aromatic rings. The van der Waals surface area contributed by atoms with Crippen molar-refractivity contribution in [3.8, 4) is 0 Å². The highest BCUT2D eigenvalue weighted by Gasteiger charge is 2.19. The van der Waals surface area contributed by atoms with Crippen molar-refractivity contribution in [1.82, 2.24) is 0 Å². The van der Waals surface area contributed by atoms with Gasteiger partial charge in [-0.3, -0.25) is 0 Å². The van der Waals surface area contributed by atoms with Crippen molar-refractivity contribution < 1.29 is 18.3 Å². The van der Waals surface area contributed by atoms with Crippen LogP contribution in [0.25, 0.3) is 0 Å². The number of carboxylic acid groups (broad SMARTS) is 1. The summed E-state index contributed by atoms with van der Waals surface area (Å²) in [7, 11) is -3.55. The van der Waals surface area contributed by atoms with Crippen LogP contribution in [0.2, 0.25) is 5.02 Å². The van der Waals surface area contributed by atoms with Crippen LogP contribution in [-0.2, 0) is 9.84 Å². The van der Waals surface area contributed by atoms with Crippen molar-refractivity contribution in [3.05, 3.63) is 52.5 Å². The predicted octanol–water partition coefficient (Wildman–Crippen LogP) is 3.90. The molecule has 2 aromatic carbocycles. The molecule has 0 unspecified atom stereocenters. The summed E-state index contributed by atoms with van der Waals surface area (Å²) < 4.78 is 23.9. The number of rotatable bonds is 4. The maximum absolute atomic E-state index is 12.0. The summed E-state index contributed by atoms with van der Waals surface area (Å²) in [5.41, 5.74) is 0.486. The number of benzene rings is 2. The van der Waals surface area contributed by atoms with E-state index in [1.165, 1.54) is 17.8 Å². The third-order valence-corrected chi connectivity index (χ3v) is 5.49. The Kier molecular flexibility index (Phi) is 4.84. The average molecular weight is 357 g/mol. The fraction of sp³-hybridized carbons (Fsp3) is 0.133. The molecule has 0 bridgehead atoms. The second-order valence-electron chi connectivity index (χ2n) is 4.75. The summed E-state index contributed by atoms with van der Waals surface area (Å²) in [6, 6.07) is 9.80. The highest BCUT2D eigenvalue weighted by molar-refractivity contribution is 8.00. The Morgan fingerprint density at radius 2 is 1.91 bits per heavy atom. The molecule has 1 N–H and O–H groups in total. The summed E-state index contributed by atoms with van der Waals surface area (Å²) in [5, 5.41) is 9.70. The first-order chi connectivity index (χ1) is 10.2. The number of carboxylic acids is 1. The molecule has 22 heavy (non-hydrogen) atoms. The van der Waals surface area contributed by atoms with Crippen molar-refractivity contribution in [3.63, 3.8) is 0 Å². The van der Waals surface area contributed by atoms with E-state index in [1.54, 1.807) is 31.2 Å². The minimum absolute atomic E-state index is 0.000440. The molecule has 0 amide bonds. The summed E-state index contributed by atoms with van der Waals surface area (Å²) in [5.74, 6) is -1.15. The number of aromatic carboxylic acids is 1. The van der Waals surface area contributed by atoms with Crippen molar-refractivity contribution in [2.75, 3.05) is 6.26 Å². The standard InChI is InChI=1S/C15H13ClO4S2/c1-9-6-13(21-11-5-3-4-10(16)7-11)14(22(2,19)20)8-12(9)15(17)18/h3-8H,1-2H3,(H,17,18). The van der Waals surface area contributed by atoms with E-state index >= 15 is 0 Å². The van der Waals surface area contributed by atoms with Crippen LogP contribution in [-0.4, -0.2) is 25.7 Å². The Balaban J connectivity index is 2.59. The Hall–Kier alpha value is -1.50. The monoisotopic (exact) mass is 356 g/mol. The van der Waals surface area contributed by atoms with Crippen molar-refractivity contribution in [1.29, 1.82) is 0 Å². The van der Waals surface area contributed by atoms with Crippen molar-refractivity contribution in [2.24, 2.45) is 0 Å². The van der Waals surface area contributed by atoms with Crippen LogP contribution in [0.1, 0.15) is 15.9 Å². The zero-order chi connectivity index (χ0) is 16.5. The molecule has 4 nitrogen and oxygen atoms in total. The quantitative estimate of drug-likeness (QED) is 0.899. The summed E-state index contributed by atoms with van der Waals surface area (Å²) in [6.07, 6.45) is 1.06. The second kappa shape index (κ2) is 6.32. The summed E-state index contributed by atoms with van der Waals surface area (Å²) in [4.78, 5) is 12.5. The van der Waals surface area contributed by atoms with Gasteiger partial charge in [0.2, 0.25) is 0 Å². The molecule has 0 aliphatic heterocycles. The molecular weight excluding hydrogens is 344 g/mol. The molecule has 0 saturated carbocycles. The predicted molar refractivity (Wildman–Crippen MR) is 86.8 cm³/mol. The lowest BCUT2D eigenvalue weighted by atomic mass is 10.1. The fourth-order valence-corrected chi connectivity index (χ4v) is 4.49. The van der Waals surface area contributed by atoms with Gasteiger partial charge in [-0.15, -0.1) is 0 Å². The molecule has 116 valence electrons. The van der Waals surface area contributed by atoms with E-state index < -0.39 is 15.8 Å². The summed E-state index contributed by atoms with van der Waals surface area (Å²) in [6.45, 7) is 1.64.